The highest BCUT2D eigenvalue weighted by atomic mass is 19.1. The van der Waals surface area contributed by atoms with Gasteiger partial charge in [0.15, 0.2) is 5.82 Å². The number of aromatic nitrogens is 6. The lowest BCUT2D eigenvalue weighted by molar-refractivity contribution is 0.173. The van der Waals surface area contributed by atoms with Crippen LogP contribution in [0.2, 0.25) is 0 Å². The van der Waals surface area contributed by atoms with E-state index in [1.807, 2.05) is 29.5 Å². The van der Waals surface area contributed by atoms with Crippen LogP contribution in [0.25, 0.3) is 0 Å². The van der Waals surface area contributed by atoms with Crippen molar-refractivity contribution in [3.8, 4) is 0 Å². The van der Waals surface area contributed by atoms with Gasteiger partial charge in [0.1, 0.15) is 12.0 Å². The molecule has 0 unspecified atom stereocenters. The Kier molecular flexibility index (Phi) is 5.43. The van der Waals surface area contributed by atoms with Gasteiger partial charge in [-0.15, -0.1) is 5.10 Å². The normalized spacial score (nSPS) is 21.7. The van der Waals surface area contributed by atoms with E-state index in [1.165, 1.54) is 0 Å². The van der Waals surface area contributed by atoms with Crippen LogP contribution in [0.3, 0.4) is 0 Å². The zero-order valence-electron chi connectivity index (χ0n) is 15.4. The summed E-state index contributed by atoms with van der Waals surface area (Å²) in [6.45, 7) is 6.67. The van der Waals surface area contributed by atoms with Crippen LogP contribution in [-0.4, -0.2) is 71.9 Å². The molecule has 1 aliphatic rings. The fraction of sp³-hybridized carbons (Fsp3) is 0.750. The second kappa shape index (κ2) is 7.57. The third-order valence-corrected chi connectivity index (χ3v) is 4.73. The molecule has 8 nitrogen and oxygen atoms in total. The van der Waals surface area contributed by atoms with E-state index in [1.54, 1.807) is 6.20 Å². The number of halogens is 1. The SMILES string of the molecule is CC(C)n1nnnc1CN(C)C[C@@H]1C[C@H](F)CN1Cc1nccn1C. The zero-order valence-corrected chi connectivity index (χ0v) is 15.4. The second-order valence-corrected chi connectivity index (χ2v) is 7.20. The van der Waals surface area contributed by atoms with Gasteiger partial charge in [-0.3, -0.25) is 9.80 Å². The molecule has 2 aromatic heterocycles. The summed E-state index contributed by atoms with van der Waals surface area (Å²) in [7, 11) is 4.00. The monoisotopic (exact) mass is 350 g/mol. The summed E-state index contributed by atoms with van der Waals surface area (Å²) in [5.74, 6) is 1.80. The fourth-order valence-electron chi connectivity index (χ4n) is 3.42. The maximum Gasteiger partial charge on any atom is 0.165 e. The highest BCUT2D eigenvalue weighted by Gasteiger charge is 2.33. The molecule has 9 heteroatoms. The molecular formula is C16H27FN8. The second-order valence-electron chi connectivity index (χ2n) is 7.20. The summed E-state index contributed by atoms with van der Waals surface area (Å²) >= 11 is 0. The van der Waals surface area contributed by atoms with Gasteiger partial charge in [0.25, 0.3) is 0 Å². The number of nitrogens with zero attached hydrogens (tertiary/aromatic N) is 8. The fourth-order valence-corrected chi connectivity index (χ4v) is 3.42. The summed E-state index contributed by atoms with van der Waals surface area (Å²) < 4.78 is 17.8. The van der Waals surface area contributed by atoms with Crippen molar-refractivity contribution in [3.63, 3.8) is 0 Å². The summed E-state index contributed by atoms with van der Waals surface area (Å²) in [6, 6.07) is 0.389. The van der Waals surface area contributed by atoms with Crippen LogP contribution in [0.1, 0.15) is 38.0 Å². The van der Waals surface area contributed by atoms with Crippen LogP contribution in [-0.2, 0) is 20.1 Å². The van der Waals surface area contributed by atoms with Crippen LogP contribution in [0.5, 0.6) is 0 Å². The van der Waals surface area contributed by atoms with Crippen molar-refractivity contribution in [1.29, 1.82) is 0 Å². The van der Waals surface area contributed by atoms with E-state index >= 15 is 0 Å². The average molecular weight is 350 g/mol. The largest absolute Gasteiger partial charge is 0.337 e. The number of hydrogen-bond acceptors (Lipinski definition) is 6. The number of hydrogen-bond donors (Lipinski definition) is 0. The van der Waals surface area contributed by atoms with Crippen molar-refractivity contribution in [2.24, 2.45) is 7.05 Å². The lowest BCUT2D eigenvalue weighted by atomic mass is 10.2. The molecule has 25 heavy (non-hydrogen) atoms. The predicted octanol–water partition coefficient (Wildman–Crippen LogP) is 1.03. The van der Waals surface area contributed by atoms with Crippen LogP contribution >= 0.6 is 0 Å². The molecular weight excluding hydrogens is 323 g/mol. The van der Waals surface area contributed by atoms with E-state index in [0.29, 0.717) is 26.1 Å². The summed E-state index contributed by atoms with van der Waals surface area (Å²) in [4.78, 5) is 8.72. The number of likely N-dealkylation sites (N-methyl/N-ethyl adjacent to an activating group) is 1. The highest BCUT2D eigenvalue weighted by Crippen LogP contribution is 2.23. The number of rotatable bonds is 7. The Bertz CT molecular complexity index is 681. The maximum atomic E-state index is 14.0. The summed E-state index contributed by atoms with van der Waals surface area (Å²) in [5, 5.41) is 11.9. The van der Waals surface area contributed by atoms with Crippen LogP contribution in [0, 0.1) is 0 Å². The number of tetrazole rings is 1. The Morgan fingerprint density at radius 3 is 2.84 bits per heavy atom. The Morgan fingerprint density at radius 2 is 2.16 bits per heavy atom. The van der Waals surface area contributed by atoms with E-state index in [2.05, 4.69) is 44.2 Å². The topological polar surface area (TPSA) is 67.9 Å². The first-order valence-corrected chi connectivity index (χ1v) is 8.73. The molecule has 0 bridgehead atoms. The molecule has 0 aromatic carbocycles. The van der Waals surface area contributed by atoms with Crippen molar-refractivity contribution < 1.29 is 4.39 Å². The van der Waals surface area contributed by atoms with Crippen LogP contribution in [0.4, 0.5) is 4.39 Å². The molecule has 0 amide bonds. The molecule has 2 aromatic rings. The first-order chi connectivity index (χ1) is 11.9. The molecule has 0 aliphatic carbocycles. The molecule has 1 fully saturated rings. The molecule has 3 heterocycles. The Balaban J connectivity index is 1.61. The third-order valence-electron chi connectivity index (χ3n) is 4.73. The minimum atomic E-state index is -0.778. The minimum absolute atomic E-state index is 0.167. The first-order valence-electron chi connectivity index (χ1n) is 8.73. The average Bonchev–Trinajstić information content (AvgIpc) is 3.22. The van der Waals surface area contributed by atoms with Crippen molar-refractivity contribution in [3.05, 3.63) is 24.0 Å². The lowest BCUT2D eigenvalue weighted by Crippen LogP contribution is -2.39. The molecule has 3 rings (SSSR count). The Morgan fingerprint density at radius 1 is 1.36 bits per heavy atom. The molecule has 2 atom stereocenters. The number of imidazole rings is 1. The summed E-state index contributed by atoms with van der Waals surface area (Å²) in [5.41, 5.74) is 0. The molecule has 0 spiro atoms. The van der Waals surface area contributed by atoms with E-state index in [0.717, 1.165) is 18.2 Å². The Labute approximate surface area is 147 Å². The van der Waals surface area contributed by atoms with Gasteiger partial charge < -0.3 is 4.57 Å². The molecule has 1 aliphatic heterocycles. The van der Waals surface area contributed by atoms with Crippen LogP contribution in [0.15, 0.2) is 12.4 Å². The number of aryl methyl sites for hydroxylation is 1. The van der Waals surface area contributed by atoms with E-state index in [-0.39, 0.29) is 12.1 Å². The van der Waals surface area contributed by atoms with E-state index < -0.39 is 6.17 Å². The molecule has 0 N–H and O–H groups in total. The van der Waals surface area contributed by atoms with Gasteiger partial charge >= 0.3 is 0 Å². The summed E-state index contributed by atoms with van der Waals surface area (Å²) in [6.07, 6.45) is 3.49. The van der Waals surface area contributed by atoms with E-state index in [4.69, 9.17) is 0 Å². The predicted molar refractivity (Wildman–Crippen MR) is 91.5 cm³/mol. The van der Waals surface area contributed by atoms with Gasteiger partial charge in [0.2, 0.25) is 0 Å². The first kappa shape index (κ1) is 17.9. The van der Waals surface area contributed by atoms with Gasteiger partial charge in [-0.25, -0.2) is 14.1 Å². The highest BCUT2D eigenvalue weighted by molar-refractivity contribution is 4.96. The molecule has 0 radical (unpaired) electrons. The van der Waals surface area contributed by atoms with Crippen molar-refractivity contribution in [1.82, 2.24) is 39.6 Å². The van der Waals surface area contributed by atoms with Crippen molar-refractivity contribution >= 4 is 0 Å². The molecule has 1 saturated heterocycles. The standard InChI is InChI=1S/C16H27FN8/c1-12(2)25-16(19-20-21-25)10-22(3)9-14-7-13(17)8-24(14)11-15-18-5-6-23(15)4/h5-6,12-14H,7-11H2,1-4H3/t13-,14-/m0/s1. The minimum Gasteiger partial charge on any atom is -0.337 e. The van der Waals surface area contributed by atoms with Gasteiger partial charge in [-0.2, -0.15) is 0 Å². The van der Waals surface area contributed by atoms with Crippen molar-refractivity contribution in [2.75, 3.05) is 20.1 Å². The quantitative estimate of drug-likeness (QED) is 0.743. The smallest absolute Gasteiger partial charge is 0.165 e. The molecule has 138 valence electrons. The van der Waals surface area contributed by atoms with E-state index in [9.17, 15) is 4.39 Å². The van der Waals surface area contributed by atoms with Crippen molar-refractivity contribution in [2.45, 2.75) is 51.6 Å². The number of likely N-dealkylation sites (tertiary alicyclic amines) is 1. The van der Waals surface area contributed by atoms with Gasteiger partial charge in [-0.05, 0) is 37.7 Å². The number of alkyl halides is 1. The van der Waals surface area contributed by atoms with Gasteiger partial charge in [0, 0.05) is 38.6 Å². The Hall–Kier alpha value is -1.87. The van der Waals surface area contributed by atoms with Gasteiger partial charge in [0.05, 0.1) is 19.1 Å². The zero-order chi connectivity index (χ0) is 18.0. The van der Waals surface area contributed by atoms with Gasteiger partial charge in [-0.1, -0.05) is 0 Å². The molecule has 0 saturated carbocycles. The maximum absolute atomic E-state index is 14.0. The van der Waals surface area contributed by atoms with Crippen LogP contribution < -0.4 is 0 Å². The lowest BCUT2D eigenvalue weighted by Gasteiger charge is -2.28. The third kappa shape index (κ3) is 4.21.